The van der Waals surface area contributed by atoms with Crippen molar-refractivity contribution in [1.82, 2.24) is 0 Å². The van der Waals surface area contributed by atoms with Crippen molar-refractivity contribution in [3.8, 4) is 0 Å². The third-order valence-electron chi connectivity index (χ3n) is 2.41. The molecule has 15 heavy (non-hydrogen) atoms. The lowest BCUT2D eigenvalue weighted by molar-refractivity contribution is 0.141. The zero-order chi connectivity index (χ0) is 11.1. The summed E-state index contributed by atoms with van der Waals surface area (Å²) in [5.41, 5.74) is 1.16. The van der Waals surface area contributed by atoms with E-state index in [1.807, 2.05) is 49.4 Å². The average Bonchev–Trinajstić information content (AvgIpc) is 2.27. The predicted molar refractivity (Wildman–Crippen MR) is 65.5 cm³/mol. The first-order valence-electron chi connectivity index (χ1n) is 5.26. The highest BCUT2D eigenvalue weighted by atomic mass is 16.3. The van der Waals surface area contributed by atoms with Crippen LogP contribution in [0.4, 0.5) is 0 Å². The maximum Gasteiger partial charge on any atom is 0.0634 e. The quantitative estimate of drug-likeness (QED) is 0.726. The van der Waals surface area contributed by atoms with E-state index in [9.17, 15) is 5.11 Å². The Morgan fingerprint density at radius 2 is 2.00 bits per heavy atom. The van der Waals surface area contributed by atoms with Gasteiger partial charge in [0.1, 0.15) is 0 Å². The molecule has 0 aromatic heterocycles. The number of hydrogen-bond acceptors (Lipinski definition) is 1. The summed E-state index contributed by atoms with van der Waals surface area (Å²) in [7, 11) is 0. The van der Waals surface area contributed by atoms with E-state index in [1.165, 1.54) is 0 Å². The summed E-state index contributed by atoms with van der Waals surface area (Å²) >= 11 is 0. The fraction of sp³-hybridized carbons (Fsp3) is 0.286. The lowest BCUT2D eigenvalue weighted by Gasteiger charge is -2.12. The molecule has 1 heteroatoms. The molecule has 0 amide bonds. The molecule has 0 bridgehead atoms. The van der Waals surface area contributed by atoms with Gasteiger partial charge in [-0.3, -0.25) is 0 Å². The van der Waals surface area contributed by atoms with Crippen LogP contribution in [0, 0.1) is 5.92 Å². The summed E-state index contributed by atoms with van der Waals surface area (Å²) in [6, 6.07) is 10.1. The van der Waals surface area contributed by atoms with Crippen LogP contribution in [0.1, 0.15) is 18.9 Å². The van der Waals surface area contributed by atoms with Gasteiger partial charge in [0.25, 0.3) is 0 Å². The normalized spacial score (nSPS) is 15.1. The van der Waals surface area contributed by atoms with E-state index in [0.29, 0.717) is 6.42 Å². The molecule has 0 aliphatic carbocycles. The number of aliphatic hydroxyl groups excluding tert-OH is 1. The van der Waals surface area contributed by atoms with Crippen molar-refractivity contribution in [2.24, 2.45) is 5.92 Å². The predicted octanol–water partition coefficient (Wildman–Crippen LogP) is 3.27. The Hall–Kier alpha value is -1.34. The maximum absolute atomic E-state index is 9.67. The van der Waals surface area contributed by atoms with Crippen LogP contribution in [0.3, 0.4) is 0 Å². The first kappa shape index (κ1) is 11.7. The molecule has 0 radical (unpaired) electrons. The third kappa shape index (κ3) is 4.13. The summed E-state index contributed by atoms with van der Waals surface area (Å²) in [6.45, 7) is 5.62. The van der Waals surface area contributed by atoms with Gasteiger partial charge < -0.3 is 5.11 Å². The van der Waals surface area contributed by atoms with Gasteiger partial charge in [-0.25, -0.2) is 0 Å². The van der Waals surface area contributed by atoms with Crippen LogP contribution in [0.5, 0.6) is 0 Å². The first-order valence-corrected chi connectivity index (χ1v) is 5.26. The number of rotatable bonds is 5. The zero-order valence-corrected chi connectivity index (χ0v) is 9.13. The lowest BCUT2D eigenvalue weighted by Crippen LogP contribution is -2.14. The second-order valence-electron chi connectivity index (χ2n) is 3.72. The molecule has 80 valence electrons. The molecular formula is C14H18O. The molecule has 1 aromatic rings. The Bertz CT molecular complexity index is 313. The second-order valence-corrected chi connectivity index (χ2v) is 3.72. The second kappa shape index (κ2) is 6.20. The summed E-state index contributed by atoms with van der Waals surface area (Å²) < 4.78 is 0. The van der Waals surface area contributed by atoms with Gasteiger partial charge in [-0.2, -0.15) is 0 Å². The van der Waals surface area contributed by atoms with Gasteiger partial charge >= 0.3 is 0 Å². The van der Waals surface area contributed by atoms with E-state index < -0.39 is 0 Å². The van der Waals surface area contributed by atoms with Crippen LogP contribution in [-0.2, 0) is 0 Å². The van der Waals surface area contributed by atoms with Crippen molar-refractivity contribution in [3.05, 3.63) is 54.6 Å². The molecule has 0 aliphatic rings. The summed E-state index contributed by atoms with van der Waals surface area (Å²) in [5.74, 6) is 0.156. The monoisotopic (exact) mass is 202 g/mol. The first-order chi connectivity index (χ1) is 7.24. The minimum absolute atomic E-state index is 0.156. The zero-order valence-electron chi connectivity index (χ0n) is 9.13. The molecule has 0 aliphatic heterocycles. The van der Waals surface area contributed by atoms with E-state index in [0.717, 1.165) is 5.56 Å². The smallest absolute Gasteiger partial charge is 0.0634 e. The maximum atomic E-state index is 9.67. The molecule has 0 spiro atoms. The van der Waals surface area contributed by atoms with E-state index in [-0.39, 0.29) is 12.0 Å². The Morgan fingerprint density at radius 1 is 1.33 bits per heavy atom. The van der Waals surface area contributed by atoms with Gasteiger partial charge in [0.2, 0.25) is 0 Å². The van der Waals surface area contributed by atoms with Crippen LogP contribution >= 0.6 is 0 Å². The topological polar surface area (TPSA) is 20.2 Å². The van der Waals surface area contributed by atoms with Crippen molar-refractivity contribution in [2.75, 3.05) is 0 Å². The van der Waals surface area contributed by atoms with Crippen LogP contribution in [0.2, 0.25) is 0 Å². The van der Waals surface area contributed by atoms with Crippen molar-refractivity contribution >= 4 is 6.08 Å². The molecule has 1 N–H and O–H groups in total. The fourth-order valence-corrected chi connectivity index (χ4v) is 1.34. The van der Waals surface area contributed by atoms with Gasteiger partial charge in [0.15, 0.2) is 0 Å². The van der Waals surface area contributed by atoms with Gasteiger partial charge in [-0.15, -0.1) is 6.58 Å². The minimum Gasteiger partial charge on any atom is -0.392 e. The molecule has 1 rings (SSSR count). The average molecular weight is 202 g/mol. The minimum atomic E-state index is -0.331. The standard InChI is InChI=1S/C14H18O/c1-3-7-14(15)12(2)10-11-13-8-5-4-6-9-13/h3-6,8-12,14-15H,1,7H2,2H3/b11-10+. The molecule has 0 saturated carbocycles. The van der Waals surface area contributed by atoms with E-state index in [1.54, 1.807) is 6.08 Å². The highest BCUT2D eigenvalue weighted by Gasteiger charge is 2.08. The third-order valence-corrected chi connectivity index (χ3v) is 2.41. The van der Waals surface area contributed by atoms with Gasteiger partial charge in [-0.1, -0.05) is 55.5 Å². The summed E-state index contributed by atoms with van der Waals surface area (Å²) in [4.78, 5) is 0. The number of hydrogen-bond donors (Lipinski definition) is 1. The van der Waals surface area contributed by atoms with Crippen molar-refractivity contribution in [2.45, 2.75) is 19.4 Å². The van der Waals surface area contributed by atoms with Crippen LogP contribution in [-0.4, -0.2) is 11.2 Å². The van der Waals surface area contributed by atoms with Gasteiger partial charge in [0.05, 0.1) is 6.10 Å². The highest BCUT2D eigenvalue weighted by Crippen LogP contribution is 2.11. The molecule has 1 nitrogen and oxygen atoms in total. The van der Waals surface area contributed by atoms with Gasteiger partial charge in [-0.05, 0) is 12.0 Å². The van der Waals surface area contributed by atoms with Crippen LogP contribution in [0.25, 0.3) is 6.08 Å². The molecule has 0 fully saturated rings. The van der Waals surface area contributed by atoms with E-state index in [2.05, 4.69) is 6.58 Å². The fourth-order valence-electron chi connectivity index (χ4n) is 1.34. The van der Waals surface area contributed by atoms with Crippen molar-refractivity contribution < 1.29 is 5.11 Å². The summed E-state index contributed by atoms with van der Waals surface area (Å²) in [5, 5.41) is 9.67. The Kier molecular flexibility index (Phi) is 4.85. The molecule has 0 heterocycles. The van der Waals surface area contributed by atoms with Crippen LogP contribution < -0.4 is 0 Å². The molecular weight excluding hydrogens is 184 g/mol. The SMILES string of the molecule is C=CCC(O)C(C)/C=C/c1ccccc1. The molecule has 2 unspecified atom stereocenters. The number of benzene rings is 1. The molecule has 0 saturated heterocycles. The Labute approximate surface area is 91.8 Å². The Balaban J connectivity index is 2.54. The van der Waals surface area contributed by atoms with Gasteiger partial charge in [0, 0.05) is 5.92 Å². The van der Waals surface area contributed by atoms with Crippen molar-refractivity contribution in [3.63, 3.8) is 0 Å². The Morgan fingerprint density at radius 3 is 2.60 bits per heavy atom. The largest absolute Gasteiger partial charge is 0.392 e. The van der Waals surface area contributed by atoms with E-state index in [4.69, 9.17) is 0 Å². The molecule has 1 aromatic carbocycles. The van der Waals surface area contributed by atoms with E-state index >= 15 is 0 Å². The summed E-state index contributed by atoms with van der Waals surface area (Å²) in [6.07, 6.45) is 6.13. The van der Waals surface area contributed by atoms with Crippen molar-refractivity contribution in [1.29, 1.82) is 0 Å². The highest BCUT2D eigenvalue weighted by molar-refractivity contribution is 5.48. The van der Waals surface area contributed by atoms with Crippen LogP contribution in [0.15, 0.2) is 49.1 Å². The lowest BCUT2D eigenvalue weighted by atomic mass is 10.0. The molecule has 2 atom stereocenters. The number of aliphatic hydroxyl groups is 1.